The van der Waals surface area contributed by atoms with Gasteiger partial charge in [-0.2, -0.15) is 5.10 Å². The summed E-state index contributed by atoms with van der Waals surface area (Å²) in [4.78, 5) is 0. The van der Waals surface area contributed by atoms with Crippen LogP contribution < -0.4 is 4.74 Å². The van der Waals surface area contributed by atoms with E-state index in [9.17, 15) is 0 Å². The van der Waals surface area contributed by atoms with Crippen LogP contribution in [0.25, 0.3) is 0 Å². The van der Waals surface area contributed by atoms with Gasteiger partial charge in [-0.25, -0.2) is 0 Å². The topological polar surface area (TPSA) is 27.1 Å². The zero-order valence-electron chi connectivity index (χ0n) is 12.8. The average molecular weight is 272 g/mol. The molecule has 0 amide bonds. The van der Waals surface area contributed by atoms with E-state index < -0.39 is 0 Å². The summed E-state index contributed by atoms with van der Waals surface area (Å²) in [5.74, 6) is 1.45. The number of aromatic nitrogens is 2. The van der Waals surface area contributed by atoms with E-state index in [4.69, 9.17) is 4.74 Å². The normalized spacial score (nSPS) is 12.7. The van der Waals surface area contributed by atoms with E-state index in [-0.39, 0.29) is 0 Å². The summed E-state index contributed by atoms with van der Waals surface area (Å²) in [6.07, 6.45) is 3.10. The SMILES string of the molecule is CCC(C)n1ccc(COc2ccc(C(C)C)cc2)n1. The van der Waals surface area contributed by atoms with Gasteiger partial charge in [-0.05, 0) is 43.0 Å². The van der Waals surface area contributed by atoms with Crippen molar-refractivity contribution < 1.29 is 4.74 Å². The van der Waals surface area contributed by atoms with Crippen LogP contribution in [0.3, 0.4) is 0 Å². The third kappa shape index (κ3) is 3.62. The molecule has 1 aromatic heterocycles. The Kier molecular flexibility index (Phi) is 4.83. The van der Waals surface area contributed by atoms with Crippen LogP contribution in [-0.2, 0) is 6.61 Å². The fourth-order valence-electron chi connectivity index (χ4n) is 1.99. The summed E-state index contributed by atoms with van der Waals surface area (Å²) in [7, 11) is 0. The summed E-state index contributed by atoms with van der Waals surface area (Å²) in [5.41, 5.74) is 2.30. The Morgan fingerprint density at radius 2 is 1.80 bits per heavy atom. The largest absolute Gasteiger partial charge is 0.487 e. The molecule has 0 saturated heterocycles. The molecule has 3 nitrogen and oxygen atoms in total. The molecule has 1 atom stereocenters. The Balaban J connectivity index is 1.93. The Hall–Kier alpha value is -1.77. The molecule has 0 aliphatic rings. The fraction of sp³-hybridized carbons (Fsp3) is 0.471. The molecule has 0 fully saturated rings. The molecular formula is C17H24N2O. The molecule has 0 N–H and O–H groups in total. The second kappa shape index (κ2) is 6.60. The highest BCUT2D eigenvalue weighted by Gasteiger charge is 2.05. The maximum Gasteiger partial charge on any atom is 0.132 e. The van der Waals surface area contributed by atoms with Crippen LogP contribution in [-0.4, -0.2) is 9.78 Å². The fourth-order valence-corrected chi connectivity index (χ4v) is 1.99. The highest BCUT2D eigenvalue weighted by Crippen LogP contribution is 2.19. The third-order valence-corrected chi connectivity index (χ3v) is 3.64. The smallest absolute Gasteiger partial charge is 0.132 e. The van der Waals surface area contributed by atoms with Gasteiger partial charge >= 0.3 is 0 Å². The van der Waals surface area contributed by atoms with E-state index in [0.29, 0.717) is 18.6 Å². The lowest BCUT2D eigenvalue weighted by molar-refractivity contribution is 0.298. The van der Waals surface area contributed by atoms with Gasteiger partial charge in [0.2, 0.25) is 0 Å². The number of benzene rings is 1. The van der Waals surface area contributed by atoms with E-state index >= 15 is 0 Å². The van der Waals surface area contributed by atoms with Gasteiger partial charge in [0.1, 0.15) is 12.4 Å². The first-order valence-corrected chi connectivity index (χ1v) is 7.37. The minimum absolute atomic E-state index is 0.439. The molecule has 0 bridgehead atoms. The first kappa shape index (κ1) is 14.6. The van der Waals surface area contributed by atoms with Gasteiger partial charge in [-0.1, -0.05) is 32.9 Å². The highest BCUT2D eigenvalue weighted by molar-refractivity contribution is 5.29. The van der Waals surface area contributed by atoms with Gasteiger partial charge in [0.25, 0.3) is 0 Å². The molecule has 0 radical (unpaired) electrons. The van der Waals surface area contributed by atoms with Gasteiger partial charge in [-0.3, -0.25) is 4.68 Å². The minimum atomic E-state index is 0.439. The summed E-state index contributed by atoms with van der Waals surface area (Å²) in [5, 5.41) is 4.53. The molecule has 0 spiro atoms. The maximum absolute atomic E-state index is 5.78. The summed E-state index contributed by atoms with van der Waals surface area (Å²) >= 11 is 0. The molecule has 0 aliphatic heterocycles. The predicted octanol–water partition coefficient (Wildman–Crippen LogP) is 4.56. The van der Waals surface area contributed by atoms with Crippen molar-refractivity contribution in [3.63, 3.8) is 0 Å². The number of hydrogen-bond acceptors (Lipinski definition) is 2. The molecule has 2 rings (SSSR count). The second-order valence-corrected chi connectivity index (χ2v) is 5.56. The molecule has 20 heavy (non-hydrogen) atoms. The first-order chi connectivity index (χ1) is 9.60. The standard InChI is InChI=1S/C17H24N2O/c1-5-14(4)19-11-10-16(18-19)12-20-17-8-6-15(7-9-17)13(2)3/h6-11,13-14H,5,12H2,1-4H3. The molecule has 0 saturated carbocycles. The molecule has 3 heteroatoms. The van der Waals surface area contributed by atoms with Gasteiger partial charge in [0.05, 0.1) is 5.69 Å². The monoisotopic (exact) mass is 272 g/mol. The van der Waals surface area contributed by atoms with Gasteiger partial charge in [-0.15, -0.1) is 0 Å². The molecule has 108 valence electrons. The zero-order chi connectivity index (χ0) is 14.5. The van der Waals surface area contributed by atoms with Crippen LogP contribution in [0.4, 0.5) is 0 Å². The van der Waals surface area contributed by atoms with Crippen LogP contribution in [0, 0.1) is 0 Å². The molecule has 1 heterocycles. The van der Waals surface area contributed by atoms with Crippen molar-refractivity contribution in [3.05, 3.63) is 47.8 Å². The van der Waals surface area contributed by atoms with E-state index in [2.05, 4.69) is 44.9 Å². The van der Waals surface area contributed by atoms with Gasteiger partial charge < -0.3 is 4.74 Å². The third-order valence-electron chi connectivity index (χ3n) is 3.64. The van der Waals surface area contributed by atoms with Crippen molar-refractivity contribution in [3.8, 4) is 5.75 Å². The van der Waals surface area contributed by atoms with E-state index in [1.165, 1.54) is 5.56 Å². The van der Waals surface area contributed by atoms with E-state index in [1.54, 1.807) is 0 Å². The molecule has 2 aromatic rings. The van der Waals surface area contributed by atoms with Crippen molar-refractivity contribution in [2.24, 2.45) is 0 Å². The minimum Gasteiger partial charge on any atom is -0.487 e. The maximum atomic E-state index is 5.78. The van der Waals surface area contributed by atoms with Crippen molar-refractivity contribution in [2.75, 3.05) is 0 Å². The van der Waals surface area contributed by atoms with E-state index in [1.807, 2.05) is 29.1 Å². The molecular weight excluding hydrogens is 248 g/mol. The van der Waals surface area contributed by atoms with Crippen molar-refractivity contribution in [1.29, 1.82) is 0 Å². The van der Waals surface area contributed by atoms with Crippen LogP contribution in [0.15, 0.2) is 36.5 Å². The summed E-state index contributed by atoms with van der Waals surface area (Å²) in [6.45, 7) is 9.24. The second-order valence-electron chi connectivity index (χ2n) is 5.56. The molecule has 1 unspecified atom stereocenters. The lowest BCUT2D eigenvalue weighted by Crippen LogP contribution is -2.05. The Labute approximate surface area is 121 Å². The first-order valence-electron chi connectivity index (χ1n) is 7.37. The number of ether oxygens (including phenoxy) is 1. The van der Waals surface area contributed by atoms with Gasteiger partial charge in [0, 0.05) is 12.2 Å². The lowest BCUT2D eigenvalue weighted by atomic mass is 10.0. The Morgan fingerprint density at radius 3 is 2.40 bits per heavy atom. The Bertz CT molecular complexity index is 528. The van der Waals surface area contributed by atoms with Crippen molar-refractivity contribution >= 4 is 0 Å². The molecule has 1 aromatic carbocycles. The number of nitrogens with zero attached hydrogens (tertiary/aromatic N) is 2. The summed E-state index contributed by atoms with van der Waals surface area (Å²) in [6, 6.07) is 10.8. The number of hydrogen-bond donors (Lipinski definition) is 0. The van der Waals surface area contributed by atoms with Crippen molar-refractivity contribution in [1.82, 2.24) is 9.78 Å². The van der Waals surface area contributed by atoms with Crippen molar-refractivity contribution in [2.45, 2.75) is 52.7 Å². The van der Waals surface area contributed by atoms with E-state index in [0.717, 1.165) is 17.9 Å². The van der Waals surface area contributed by atoms with Crippen LogP contribution >= 0.6 is 0 Å². The van der Waals surface area contributed by atoms with Crippen LogP contribution in [0.5, 0.6) is 5.75 Å². The zero-order valence-corrected chi connectivity index (χ0v) is 12.8. The number of rotatable bonds is 6. The summed E-state index contributed by atoms with van der Waals surface area (Å²) < 4.78 is 7.78. The van der Waals surface area contributed by atoms with Crippen LogP contribution in [0.2, 0.25) is 0 Å². The highest BCUT2D eigenvalue weighted by atomic mass is 16.5. The predicted molar refractivity (Wildman–Crippen MR) is 82.1 cm³/mol. The lowest BCUT2D eigenvalue weighted by Gasteiger charge is -2.09. The van der Waals surface area contributed by atoms with Gasteiger partial charge in [0.15, 0.2) is 0 Å². The molecule has 0 aliphatic carbocycles. The Morgan fingerprint density at radius 1 is 1.10 bits per heavy atom. The average Bonchev–Trinajstić information content (AvgIpc) is 2.93. The van der Waals surface area contributed by atoms with Crippen LogP contribution in [0.1, 0.15) is 57.3 Å². The quantitative estimate of drug-likeness (QED) is 0.771.